The van der Waals surface area contributed by atoms with Crippen molar-refractivity contribution in [3.63, 3.8) is 0 Å². The minimum Gasteiger partial charge on any atom is -0.316 e. The van der Waals surface area contributed by atoms with E-state index < -0.39 is 0 Å². The van der Waals surface area contributed by atoms with Crippen molar-refractivity contribution in [2.24, 2.45) is 0 Å². The monoisotopic (exact) mass is 177 g/mol. The Kier molecular flexibility index (Phi) is 2.54. The van der Waals surface area contributed by atoms with Gasteiger partial charge in [0.2, 0.25) is 0 Å². The van der Waals surface area contributed by atoms with Crippen LogP contribution in [0.2, 0.25) is 0 Å². The highest BCUT2D eigenvalue weighted by molar-refractivity contribution is 5.10. The summed E-state index contributed by atoms with van der Waals surface area (Å²) >= 11 is 0. The first-order valence-electron chi connectivity index (χ1n) is 4.91. The molecule has 0 radical (unpaired) electrons. The van der Waals surface area contributed by atoms with Crippen LogP contribution in [0.15, 0.2) is 12.4 Å². The molecule has 1 aromatic rings. The molecule has 70 valence electrons. The van der Waals surface area contributed by atoms with E-state index in [4.69, 9.17) is 0 Å². The summed E-state index contributed by atoms with van der Waals surface area (Å²) in [7, 11) is 0. The average molecular weight is 177 g/mol. The van der Waals surface area contributed by atoms with Crippen LogP contribution in [0, 0.1) is 0 Å². The molecule has 1 unspecified atom stereocenters. The van der Waals surface area contributed by atoms with Crippen molar-refractivity contribution >= 4 is 0 Å². The Morgan fingerprint density at radius 2 is 2.46 bits per heavy atom. The van der Waals surface area contributed by atoms with Crippen molar-refractivity contribution < 1.29 is 0 Å². The fourth-order valence-electron chi connectivity index (χ4n) is 1.70. The number of nitrogens with zero attached hydrogens (tertiary/aromatic N) is 2. The fraction of sp³-hybridized carbons (Fsp3) is 0.600. The molecule has 0 bridgehead atoms. The minimum absolute atomic E-state index is 0.582. The zero-order valence-electron chi connectivity index (χ0n) is 7.95. The molecular formula is C10H15N3. The summed E-state index contributed by atoms with van der Waals surface area (Å²) in [5.74, 6) is 0.582. The molecule has 0 aliphatic carbocycles. The van der Waals surface area contributed by atoms with E-state index >= 15 is 0 Å². The van der Waals surface area contributed by atoms with Crippen molar-refractivity contribution in [3.05, 3.63) is 23.8 Å². The van der Waals surface area contributed by atoms with Gasteiger partial charge in [0.1, 0.15) is 0 Å². The molecule has 3 nitrogen and oxygen atoms in total. The normalized spacial score (nSPS) is 22.1. The molecule has 3 heteroatoms. The summed E-state index contributed by atoms with van der Waals surface area (Å²) in [4.78, 5) is 8.78. The predicted molar refractivity (Wildman–Crippen MR) is 51.6 cm³/mol. The van der Waals surface area contributed by atoms with Gasteiger partial charge in [0, 0.05) is 24.9 Å². The molecular weight excluding hydrogens is 162 g/mol. The Hall–Kier alpha value is -0.960. The van der Waals surface area contributed by atoms with Crippen molar-refractivity contribution in [1.29, 1.82) is 0 Å². The highest BCUT2D eigenvalue weighted by Gasteiger charge is 2.17. The fourth-order valence-corrected chi connectivity index (χ4v) is 1.70. The molecule has 1 N–H and O–H groups in total. The summed E-state index contributed by atoms with van der Waals surface area (Å²) in [6, 6.07) is 0. The van der Waals surface area contributed by atoms with Crippen molar-refractivity contribution in [2.45, 2.75) is 25.7 Å². The van der Waals surface area contributed by atoms with Gasteiger partial charge in [-0.3, -0.25) is 9.97 Å². The maximum Gasteiger partial charge on any atom is 0.0634 e. The van der Waals surface area contributed by atoms with Crippen LogP contribution in [0.5, 0.6) is 0 Å². The third kappa shape index (κ3) is 1.86. The van der Waals surface area contributed by atoms with Crippen LogP contribution in [0.1, 0.15) is 30.7 Å². The molecule has 1 fully saturated rings. The maximum absolute atomic E-state index is 4.57. The van der Waals surface area contributed by atoms with Crippen LogP contribution >= 0.6 is 0 Å². The van der Waals surface area contributed by atoms with Gasteiger partial charge in [-0.1, -0.05) is 6.92 Å². The number of aromatic nitrogens is 2. The first-order valence-corrected chi connectivity index (χ1v) is 4.91. The molecule has 1 atom stereocenters. The summed E-state index contributed by atoms with van der Waals surface area (Å²) in [6.07, 6.45) is 5.92. The van der Waals surface area contributed by atoms with Gasteiger partial charge in [0.25, 0.3) is 0 Å². The molecule has 1 saturated heterocycles. The molecule has 2 heterocycles. The lowest BCUT2D eigenvalue weighted by molar-refractivity contribution is 0.719. The number of aryl methyl sites for hydroxylation is 1. The van der Waals surface area contributed by atoms with E-state index in [1.807, 2.05) is 12.4 Å². The second-order valence-electron chi connectivity index (χ2n) is 3.48. The molecule has 2 rings (SSSR count). The van der Waals surface area contributed by atoms with Crippen LogP contribution in [0.4, 0.5) is 0 Å². The Bertz CT molecular complexity index is 279. The number of hydrogen-bond donors (Lipinski definition) is 1. The number of nitrogens with one attached hydrogen (secondary N) is 1. The third-order valence-corrected chi connectivity index (χ3v) is 2.54. The van der Waals surface area contributed by atoms with Crippen LogP contribution in [0.25, 0.3) is 0 Å². The van der Waals surface area contributed by atoms with Gasteiger partial charge in [0.15, 0.2) is 0 Å². The SMILES string of the molecule is CCc1cncc(C2CCNC2)n1. The van der Waals surface area contributed by atoms with Crippen LogP contribution in [0.3, 0.4) is 0 Å². The van der Waals surface area contributed by atoms with Gasteiger partial charge >= 0.3 is 0 Å². The van der Waals surface area contributed by atoms with E-state index in [0.29, 0.717) is 5.92 Å². The van der Waals surface area contributed by atoms with Gasteiger partial charge in [-0.2, -0.15) is 0 Å². The topological polar surface area (TPSA) is 37.8 Å². The first-order chi connectivity index (χ1) is 6.40. The molecule has 13 heavy (non-hydrogen) atoms. The van der Waals surface area contributed by atoms with Crippen LogP contribution in [-0.2, 0) is 6.42 Å². The largest absolute Gasteiger partial charge is 0.316 e. The lowest BCUT2D eigenvalue weighted by Gasteiger charge is -2.07. The molecule has 0 saturated carbocycles. The summed E-state index contributed by atoms with van der Waals surface area (Å²) < 4.78 is 0. The van der Waals surface area contributed by atoms with Crippen molar-refractivity contribution in [1.82, 2.24) is 15.3 Å². The van der Waals surface area contributed by atoms with Crippen LogP contribution < -0.4 is 5.32 Å². The minimum atomic E-state index is 0.582. The standard InChI is InChI=1S/C10H15N3/c1-2-9-6-12-7-10(13-9)8-3-4-11-5-8/h6-8,11H,2-5H2,1H3. The molecule has 1 aliphatic rings. The molecule has 0 spiro atoms. The first kappa shape index (κ1) is 8.63. The zero-order chi connectivity index (χ0) is 9.10. The molecule has 1 aliphatic heterocycles. The highest BCUT2D eigenvalue weighted by atomic mass is 14.9. The van der Waals surface area contributed by atoms with Gasteiger partial charge in [-0.05, 0) is 19.4 Å². The predicted octanol–water partition coefficient (Wildman–Crippen LogP) is 1.12. The van der Waals surface area contributed by atoms with Crippen LogP contribution in [-0.4, -0.2) is 23.1 Å². The quantitative estimate of drug-likeness (QED) is 0.735. The van der Waals surface area contributed by atoms with Crippen molar-refractivity contribution in [3.8, 4) is 0 Å². The maximum atomic E-state index is 4.57. The van der Waals surface area contributed by atoms with Gasteiger partial charge < -0.3 is 5.32 Å². The summed E-state index contributed by atoms with van der Waals surface area (Å²) in [5, 5.41) is 3.34. The molecule has 1 aromatic heterocycles. The lowest BCUT2D eigenvalue weighted by atomic mass is 10.1. The Morgan fingerprint density at radius 3 is 3.15 bits per heavy atom. The third-order valence-electron chi connectivity index (χ3n) is 2.54. The molecule has 0 amide bonds. The van der Waals surface area contributed by atoms with Gasteiger partial charge in [-0.25, -0.2) is 0 Å². The Labute approximate surface area is 78.6 Å². The summed E-state index contributed by atoms with van der Waals surface area (Å²) in [6.45, 7) is 4.28. The number of hydrogen-bond acceptors (Lipinski definition) is 3. The van der Waals surface area contributed by atoms with Crippen molar-refractivity contribution in [2.75, 3.05) is 13.1 Å². The zero-order valence-corrected chi connectivity index (χ0v) is 7.95. The molecule has 0 aromatic carbocycles. The van der Waals surface area contributed by atoms with E-state index in [2.05, 4.69) is 22.2 Å². The van der Waals surface area contributed by atoms with Gasteiger partial charge in [0.05, 0.1) is 11.4 Å². The van der Waals surface area contributed by atoms with E-state index in [9.17, 15) is 0 Å². The second kappa shape index (κ2) is 3.83. The Morgan fingerprint density at radius 1 is 1.54 bits per heavy atom. The van der Waals surface area contributed by atoms with Gasteiger partial charge in [-0.15, -0.1) is 0 Å². The average Bonchev–Trinajstić information content (AvgIpc) is 2.71. The second-order valence-corrected chi connectivity index (χ2v) is 3.48. The van der Waals surface area contributed by atoms with E-state index in [1.54, 1.807) is 0 Å². The van der Waals surface area contributed by atoms with E-state index in [-0.39, 0.29) is 0 Å². The highest BCUT2D eigenvalue weighted by Crippen LogP contribution is 2.19. The summed E-state index contributed by atoms with van der Waals surface area (Å²) in [5.41, 5.74) is 2.26. The smallest absolute Gasteiger partial charge is 0.0634 e. The van der Waals surface area contributed by atoms with E-state index in [0.717, 1.165) is 30.9 Å². The number of rotatable bonds is 2. The van der Waals surface area contributed by atoms with E-state index in [1.165, 1.54) is 6.42 Å². The Balaban J connectivity index is 2.18. The lowest BCUT2D eigenvalue weighted by Crippen LogP contribution is -2.09.